The molecule has 1 aromatic carbocycles. The lowest BCUT2D eigenvalue weighted by atomic mass is 10.1. The molecule has 0 atom stereocenters. The van der Waals surface area contributed by atoms with Crippen LogP contribution in [0, 0.1) is 25.7 Å². The van der Waals surface area contributed by atoms with Crippen LogP contribution in [-0.4, -0.2) is 22.2 Å². The molecule has 21 heavy (non-hydrogen) atoms. The minimum atomic E-state index is -0.193. The number of carbonyl (C=O) groups is 1. The lowest BCUT2D eigenvalue weighted by molar-refractivity contribution is 0.101. The third kappa shape index (κ3) is 3.71. The summed E-state index contributed by atoms with van der Waals surface area (Å²) in [6.45, 7) is 4.12. The number of benzene rings is 1. The van der Waals surface area contributed by atoms with Gasteiger partial charge in [0.1, 0.15) is 5.69 Å². The minimum Gasteiger partial charge on any atom is -0.321 e. The van der Waals surface area contributed by atoms with Crippen LogP contribution in [0.4, 0.5) is 5.69 Å². The minimum absolute atomic E-state index is 0.193. The molecule has 0 radical (unpaired) electrons. The second-order valence-electron chi connectivity index (χ2n) is 4.84. The van der Waals surface area contributed by atoms with Gasteiger partial charge < -0.3 is 11.1 Å². The van der Waals surface area contributed by atoms with Crippen molar-refractivity contribution in [3.63, 3.8) is 0 Å². The molecule has 0 aliphatic carbocycles. The smallest absolute Gasteiger partial charge is 0.273 e. The summed E-state index contributed by atoms with van der Waals surface area (Å²) in [5.74, 6) is 5.58. The Morgan fingerprint density at radius 3 is 2.71 bits per heavy atom. The molecule has 5 heteroatoms. The number of hydrogen-bond donors (Lipinski definition) is 2. The Bertz CT molecular complexity index is 734. The Morgan fingerprint density at radius 1 is 1.33 bits per heavy atom. The Morgan fingerprint density at radius 2 is 2.10 bits per heavy atom. The maximum absolute atomic E-state index is 12.3. The second kappa shape index (κ2) is 6.25. The van der Waals surface area contributed by atoms with Gasteiger partial charge in [-0.15, -0.1) is 0 Å². The van der Waals surface area contributed by atoms with Crippen LogP contribution >= 0.6 is 0 Å². The average molecular weight is 282 g/mol. The summed E-state index contributed by atoms with van der Waals surface area (Å²) in [6.07, 6.45) is 0. The predicted molar refractivity (Wildman–Crippen MR) is 83.0 cm³/mol. The maximum Gasteiger partial charge on any atom is 0.273 e. The highest BCUT2D eigenvalue weighted by molar-refractivity contribution is 6.03. The predicted octanol–water partition coefficient (Wildman–Crippen LogP) is 1.60. The van der Waals surface area contributed by atoms with E-state index in [4.69, 9.17) is 5.73 Å². The van der Waals surface area contributed by atoms with Crippen molar-refractivity contribution in [2.45, 2.75) is 13.8 Å². The van der Waals surface area contributed by atoms with E-state index in [0.29, 0.717) is 17.9 Å². The fraction of sp³-hybridized carbons (Fsp3) is 0.250. The van der Waals surface area contributed by atoms with Crippen molar-refractivity contribution >= 4 is 11.6 Å². The molecule has 5 nitrogen and oxygen atoms in total. The van der Waals surface area contributed by atoms with E-state index < -0.39 is 0 Å². The largest absolute Gasteiger partial charge is 0.321 e. The molecule has 0 aliphatic heterocycles. The number of nitrogens with zero attached hydrogens (tertiary/aromatic N) is 2. The lowest BCUT2D eigenvalue weighted by Gasteiger charge is -2.07. The molecule has 1 amide bonds. The first-order valence-electron chi connectivity index (χ1n) is 6.62. The first-order chi connectivity index (χ1) is 9.99. The number of rotatable bonds is 2. The quantitative estimate of drug-likeness (QED) is 0.822. The molecular formula is C16H18N4O. The zero-order valence-corrected chi connectivity index (χ0v) is 12.4. The number of hydrogen-bond acceptors (Lipinski definition) is 3. The number of carbonyl (C=O) groups excluding carboxylic acids is 1. The van der Waals surface area contributed by atoms with E-state index in [1.165, 1.54) is 0 Å². The molecule has 0 fully saturated rings. The average Bonchev–Trinajstić information content (AvgIpc) is 2.75. The van der Waals surface area contributed by atoms with Crippen LogP contribution in [0.2, 0.25) is 0 Å². The molecule has 0 aliphatic rings. The highest BCUT2D eigenvalue weighted by Gasteiger charge is 2.12. The summed E-state index contributed by atoms with van der Waals surface area (Å²) in [6, 6.07) is 7.43. The molecule has 0 spiro atoms. The summed E-state index contributed by atoms with van der Waals surface area (Å²) in [7, 11) is 1.75. The fourth-order valence-corrected chi connectivity index (χ4v) is 2.10. The molecule has 3 N–H and O–H groups in total. The van der Waals surface area contributed by atoms with Crippen molar-refractivity contribution < 1.29 is 4.79 Å². The Labute approximate surface area is 124 Å². The van der Waals surface area contributed by atoms with E-state index in [2.05, 4.69) is 22.3 Å². The van der Waals surface area contributed by atoms with E-state index in [1.54, 1.807) is 17.8 Å². The monoisotopic (exact) mass is 282 g/mol. The van der Waals surface area contributed by atoms with Gasteiger partial charge in [-0.1, -0.05) is 11.8 Å². The van der Waals surface area contributed by atoms with Gasteiger partial charge in [-0.05, 0) is 43.7 Å². The molecule has 2 rings (SSSR count). The van der Waals surface area contributed by atoms with Crippen LogP contribution in [0.5, 0.6) is 0 Å². The number of amides is 1. The van der Waals surface area contributed by atoms with Crippen LogP contribution in [0.15, 0.2) is 24.3 Å². The first-order valence-corrected chi connectivity index (χ1v) is 6.62. The fourth-order valence-electron chi connectivity index (χ4n) is 2.10. The van der Waals surface area contributed by atoms with Gasteiger partial charge >= 0.3 is 0 Å². The van der Waals surface area contributed by atoms with Gasteiger partial charge in [0.15, 0.2) is 0 Å². The number of nitrogens with one attached hydrogen (secondary N) is 1. The van der Waals surface area contributed by atoms with Gasteiger partial charge in [0.25, 0.3) is 5.91 Å². The molecule has 1 heterocycles. The zero-order chi connectivity index (χ0) is 15.4. The van der Waals surface area contributed by atoms with Crippen molar-refractivity contribution in [3.8, 4) is 11.8 Å². The molecule has 0 bridgehead atoms. The molecule has 0 saturated carbocycles. The van der Waals surface area contributed by atoms with Crippen molar-refractivity contribution in [1.82, 2.24) is 9.78 Å². The number of aromatic nitrogens is 2. The van der Waals surface area contributed by atoms with Crippen molar-refractivity contribution in [2.24, 2.45) is 12.8 Å². The first kappa shape index (κ1) is 14.8. The number of aryl methyl sites for hydroxylation is 3. The molecule has 0 unspecified atom stereocenters. The van der Waals surface area contributed by atoms with E-state index in [1.807, 2.05) is 32.0 Å². The van der Waals surface area contributed by atoms with Gasteiger partial charge in [0.05, 0.1) is 12.2 Å². The maximum atomic E-state index is 12.3. The molecule has 2 aromatic rings. The number of anilines is 1. The Kier molecular flexibility index (Phi) is 4.41. The van der Waals surface area contributed by atoms with Crippen LogP contribution in [0.1, 0.15) is 27.3 Å². The van der Waals surface area contributed by atoms with E-state index in [9.17, 15) is 4.79 Å². The normalized spacial score (nSPS) is 9.90. The third-order valence-corrected chi connectivity index (χ3v) is 2.90. The lowest BCUT2D eigenvalue weighted by Crippen LogP contribution is -2.16. The van der Waals surface area contributed by atoms with E-state index >= 15 is 0 Å². The summed E-state index contributed by atoms with van der Waals surface area (Å²) in [5, 5.41) is 7.04. The molecule has 1 aromatic heterocycles. The second-order valence-corrected chi connectivity index (χ2v) is 4.84. The van der Waals surface area contributed by atoms with Gasteiger partial charge in [-0.3, -0.25) is 9.48 Å². The summed E-state index contributed by atoms with van der Waals surface area (Å²) < 4.78 is 1.57. The summed E-state index contributed by atoms with van der Waals surface area (Å²) in [5.41, 5.74) is 9.26. The Balaban J connectivity index is 2.25. The van der Waals surface area contributed by atoms with Crippen LogP contribution in [0.3, 0.4) is 0 Å². The SMILES string of the molecule is Cc1cc(C#CCN)cc(NC(=O)c2cc(C)nn2C)c1. The number of nitrogens with two attached hydrogens (primary N) is 1. The highest BCUT2D eigenvalue weighted by Crippen LogP contribution is 2.15. The topological polar surface area (TPSA) is 72.9 Å². The van der Waals surface area contributed by atoms with E-state index in [0.717, 1.165) is 16.8 Å². The zero-order valence-electron chi connectivity index (χ0n) is 12.4. The van der Waals surface area contributed by atoms with Gasteiger partial charge in [-0.25, -0.2) is 0 Å². The van der Waals surface area contributed by atoms with Crippen molar-refractivity contribution in [2.75, 3.05) is 11.9 Å². The van der Waals surface area contributed by atoms with Gasteiger partial charge in [-0.2, -0.15) is 5.10 Å². The molecular weight excluding hydrogens is 264 g/mol. The summed E-state index contributed by atoms with van der Waals surface area (Å²) in [4.78, 5) is 12.3. The van der Waals surface area contributed by atoms with Crippen molar-refractivity contribution in [3.05, 3.63) is 46.8 Å². The standard InChI is InChI=1S/C16H18N4O/c1-11-7-13(5-4-6-17)10-14(8-11)18-16(21)15-9-12(2)19-20(15)3/h7-10H,6,17H2,1-3H3,(H,18,21). The molecule has 0 saturated heterocycles. The van der Waals surface area contributed by atoms with Crippen LogP contribution in [0.25, 0.3) is 0 Å². The van der Waals surface area contributed by atoms with Gasteiger partial charge in [0, 0.05) is 18.3 Å². The van der Waals surface area contributed by atoms with Crippen LogP contribution < -0.4 is 11.1 Å². The van der Waals surface area contributed by atoms with E-state index in [-0.39, 0.29) is 5.91 Å². The molecule has 108 valence electrons. The van der Waals surface area contributed by atoms with Crippen LogP contribution in [-0.2, 0) is 7.05 Å². The Hall–Kier alpha value is -2.58. The highest BCUT2D eigenvalue weighted by atomic mass is 16.2. The third-order valence-electron chi connectivity index (χ3n) is 2.90. The van der Waals surface area contributed by atoms with Crippen molar-refractivity contribution in [1.29, 1.82) is 0 Å². The summed E-state index contributed by atoms with van der Waals surface area (Å²) >= 11 is 0. The van der Waals surface area contributed by atoms with Gasteiger partial charge in [0.2, 0.25) is 0 Å².